The lowest BCUT2D eigenvalue weighted by Gasteiger charge is -2.06. The van der Waals surface area contributed by atoms with E-state index in [1.807, 2.05) is 0 Å². The first-order valence-electron chi connectivity index (χ1n) is 5.21. The van der Waals surface area contributed by atoms with Crippen LogP contribution in [0, 0.1) is 22.9 Å². The van der Waals surface area contributed by atoms with Crippen LogP contribution < -0.4 is 4.74 Å². The van der Waals surface area contributed by atoms with Crippen LogP contribution in [0.5, 0.6) is 11.6 Å². The van der Waals surface area contributed by atoms with E-state index in [9.17, 15) is 14.5 Å². The van der Waals surface area contributed by atoms with Crippen molar-refractivity contribution in [3.05, 3.63) is 56.4 Å². The third-order valence-electron chi connectivity index (χ3n) is 2.37. The SMILES string of the molecule is Cc1cc(Oc2ccc(F)c(Br)c2)ncc1[N+](=O)[O-]. The molecule has 1 aromatic heterocycles. The Hall–Kier alpha value is -2.02. The topological polar surface area (TPSA) is 65.3 Å². The van der Waals surface area contributed by atoms with E-state index < -0.39 is 10.7 Å². The number of hydrogen-bond donors (Lipinski definition) is 0. The molecule has 2 rings (SSSR count). The van der Waals surface area contributed by atoms with Gasteiger partial charge in [-0.3, -0.25) is 10.1 Å². The molecule has 2 aromatic rings. The predicted molar refractivity (Wildman–Crippen MR) is 69.8 cm³/mol. The Morgan fingerprint density at radius 1 is 1.42 bits per heavy atom. The van der Waals surface area contributed by atoms with Crippen LogP contribution in [0.25, 0.3) is 0 Å². The minimum atomic E-state index is -0.513. The summed E-state index contributed by atoms with van der Waals surface area (Å²) in [7, 11) is 0. The molecule has 1 heterocycles. The van der Waals surface area contributed by atoms with Gasteiger partial charge in [0, 0.05) is 11.6 Å². The molecule has 0 amide bonds. The summed E-state index contributed by atoms with van der Waals surface area (Å²) in [4.78, 5) is 14.0. The average Bonchev–Trinajstić information content (AvgIpc) is 2.33. The van der Waals surface area contributed by atoms with Crippen LogP contribution in [0.4, 0.5) is 10.1 Å². The second kappa shape index (κ2) is 5.31. The van der Waals surface area contributed by atoms with Gasteiger partial charge in [0.05, 0.1) is 9.40 Å². The van der Waals surface area contributed by atoms with Crippen LogP contribution >= 0.6 is 15.9 Å². The lowest BCUT2D eigenvalue weighted by molar-refractivity contribution is -0.385. The van der Waals surface area contributed by atoms with Gasteiger partial charge < -0.3 is 4.74 Å². The second-order valence-corrected chi connectivity index (χ2v) is 4.60. The minimum absolute atomic E-state index is 0.0763. The molecule has 0 aliphatic heterocycles. The molecule has 0 fully saturated rings. The van der Waals surface area contributed by atoms with Crippen molar-refractivity contribution in [1.29, 1.82) is 0 Å². The van der Waals surface area contributed by atoms with E-state index >= 15 is 0 Å². The Balaban J connectivity index is 2.26. The van der Waals surface area contributed by atoms with Gasteiger partial charge in [0.2, 0.25) is 5.88 Å². The molecule has 19 heavy (non-hydrogen) atoms. The third kappa shape index (κ3) is 3.05. The van der Waals surface area contributed by atoms with E-state index in [0.29, 0.717) is 11.3 Å². The van der Waals surface area contributed by atoms with E-state index in [1.165, 1.54) is 24.3 Å². The maximum Gasteiger partial charge on any atom is 0.290 e. The van der Waals surface area contributed by atoms with E-state index in [-0.39, 0.29) is 16.0 Å². The number of nitrogens with zero attached hydrogens (tertiary/aromatic N) is 2. The van der Waals surface area contributed by atoms with Crippen LogP contribution in [0.3, 0.4) is 0 Å². The van der Waals surface area contributed by atoms with E-state index in [4.69, 9.17) is 4.74 Å². The summed E-state index contributed by atoms with van der Waals surface area (Å²) in [5.74, 6) is 0.191. The fraction of sp³-hybridized carbons (Fsp3) is 0.0833. The quantitative estimate of drug-likeness (QED) is 0.631. The van der Waals surface area contributed by atoms with Gasteiger partial charge in [-0.2, -0.15) is 0 Å². The normalized spacial score (nSPS) is 10.3. The lowest BCUT2D eigenvalue weighted by atomic mass is 10.2. The van der Waals surface area contributed by atoms with Crippen molar-refractivity contribution >= 4 is 21.6 Å². The monoisotopic (exact) mass is 326 g/mol. The van der Waals surface area contributed by atoms with Gasteiger partial charge in [0.1, 0.15) is 17.8 Å². The van der Waals surface area contributed by atoms with Gasteiger partial charge in [-0.05, 0) is 41.1 Å². The number of benzene rings is 1. The molecule has 0 unspecified atom stereocenters. The van der Waals surface area contributed by atoms with Crippen molar-refractivity contribution in [2.24, 2.45) is 0 Å². The van der Waals surface area contributed by atoms with Crippen LogP contribution in [-0.2, 0) is 0 Å². The van der Waals surface area contributed by atoms with Crippen molar-refractivity contribution in [2.75, 3.05) is 0 Å². The molecule has 1 aromatic carbocycles. The summed E-state index contributed by atoms with van der Waals surface area (Å²) in [6.07, 6.45) is 1.13. The van der Waals surface area contributed by atoms with E-state index in [2.05, 4.69) is 20.9 Å². The molecule has 98 valence electrons. The first-order chi connectivity index (χ1) is 8.97. The summed E-state index contributed by atoms with van der Waals surface area (Å²) in [6.45, 7) is 1.59. The van der Waals surface area contributed by atoms with Gasteiger partial charge >= 0.3 is 0 Å². The van der Waals surface area contributed by atoms with Crippen molar-refractivity contribution in [2.45, 2.75) is 6.92 Å². The highest BCUT2D eigenvalue weighted by Gasteiger charge is 2.12. The molecule has 0 aliphatic carbocycles. The number of hydrogen-bond acceptors (Lipinski definition) is 4. The molecule has 0 N–H and O–H groups in total. The van der Waals surface area contributed by atoms with Gasteiger partial charge in [-0.1, -0.05) is 0 Å². The summed E-state index contributed by atoms with van der Waals surface area (Å²) in [6, 6.07) is 5.60. The Labute approximate surface area is 116 Å². The number of rotatable bonds is 3. The number of aryl methyl sites for hydroxylation is 1. The minimum Gasteiger partial charge on any atom is -0.439 e. The largest absolute Gasteiger partial charge is 0.439 e. The van der Waals surface area contributed by atoms with Crippen LogP contribution in [0.2, 0.25) is 0 Å². The number of aromatic nitrogens is 1. The number of ether oxygens (including phenoxy) is 1. The van der Waals surface area contributed by atoms with E-state index in [0.717, 1.165) is 6.20 Å². The highest BCUT2D eigenvalue weighted by atomic mass is 79.9. The fourth-order valence-electron chi connectivity index (χ4n) is 1.43. The summed E-state index contributed by atoms with van der Waals surface area (Å²) < 4.78 is 18.7. The smallest absolute Gasteiger partial charge is 0.290 e. The van der Waals surface area contributed by atoms with Gasteiger partial charge in [0.15, 0.2) is 0 Å². The summed E-state index contributed by atoms with van der Waals surface area (Å²) in [5.41, 5.74) is 0.365. The third-order valence-corrected chi connectivity index (χ3v) is 2.98. The zero-order valence-electron chi connectivity index (χ0n) is 9.76. The average molecular weight is 327 g/mol. The standard InChI is InChI=1S/C12H8BrFN2O3/c1-7-4-12(15-6-11(7)16(17)18)19-8-2-3-10(14)9(13)5-8/h2-6H,1H3. The van der Waals surface area contributed by atoms with E-state index in [1.54, 1.807) is 6.92 Å². The van der Waals surface area contributed by atoms with Crippen LogP contribution in [0.1, 0.15) is 5.56 Å². The first-order valence-corrected chi connectivity index (χ1v) is 6.00. The molecule has 0 aliphatic rings. The van der Waals surface area contributed by atoms with Crippen molar-refractivity contribution < 1.29 is 14.1 Å². The molecule has 0 radical (unpaired) electrons. The Morgan fingerprint density at radius 2 is 2.16 bits per heavy atom. The Kier molecular flexibility index (Phi) is 3.75. The number of pyridine rings is 1. The summed E-state index contributed by atoms with van der Waals surface area (Å²) >= 11 is 3.04. The first kappa shape index (κ1) is 13.4. The molecule has 0 atom stereocenters. The second-order valence-electron chi connectivity index (χ2n) is 3.74. The predicted octanol–water partition coefficient (Wildman–Crippen LogP) is 3.99. The van der Waals surface area contributed by atoms with Crippen LogP contribution in [0.15, 0.2) is 34.9 Å². The molecular formula is C12H8BrFN2O3. The molecule has 0 saturated heterocycles. The van der Waals surface area contributed by atoms with Gasteiger partial charge in [-0.15, -0.1) is 0 Å². The van der Waals surface area contributed by atoms with Crippen molar-refractivity contribution in [3.63, 3.8) is 0 Å². The Bertz CT molecular complexity index is 649. The number of halogens is 2. The lowest BCUT2D eigenvalue weighted by Crippen LogP contribution is -1.95. The fourth-order valence-corrected chi connectivity index (χ4v) is 1.79. The summed E-state index contributed by atoms with van der Waals surface area (Å²) in [5, 5.41) is 10.7. The zero-order valence-corrected chi connectivity index (χ0v) is 11.3. The highest BCUT2D eigenvalue weighted by Crippen LogP contribution is 2.27. The van der Waals surface area contributed by atoms with Gasteiger partial charge in [-0.25, -0.2) is 9.37 Å². The number of nitro groups is 1. The van der Waals surface area contributed by atoms with Crippen molar-refractivity contribution in [3.8, 4) is 11.6 Å². The maximum atomic E-state index is 13.1. The molecular weight excluding hydrogens is 319 g/mol. The van der Waals surface area contributed by atoms with Gasteiger partial charge in [0.25, 0.3) is 5.69 Å². The molecule has 0 bridgehead atoms. The highest BCUT2D eigenvalue weighted by molar-refractivity contribution is 9.10. The zero-order chi connectivity index (χ0) is 14.0. The van der Waals surface area contributed by atoms with Crippen molar-refractivity contribution in [1.82, 2.24) is 4.98 Å². The maximum absolute atomic E-state index is 13.1. The molecule has 0 saturated carbocycles. The molecule has 5 nitrogen and oxygen atoms in total. The van der Waals surface area contributed by atoms with Crippen LogP contribution in [-0.4, -0.2) is 9.91 Å². The molecule has 7 heteroatoms. The molecule has 0 spiro atoms. The Morgan fingerprint density at radius 3 is 2.74 bits per heavy atom.